The molecule has 0 aliphatic carbocycles. The lowest BCUT2D eigenvalue weighted by Crippen LogP contribution is -2.14. The molecule has 20 heavy (non-hydrogen) atoms. The maximum atomic E-state index is 12.2. The zero-order valence-electron chi connectivity index (χ0n) is 10.9. The number of carbonyl (C=O) groups excluding carboxylic acids is 2. The molecular weight excluding hydrogens is 298 g/mol. The molecule has 0 aliphatic rings. The zero-order chi connectivity index (χ0) is 14.7. The van der Waals surface area contributed by atoms with Gasteiger partial charge in [-0.15, -0.1) is 11.3 Å². The Bertz CT molecular complexity index is 666. The first kappa shape index (κ1) is 14.6. The molecule has 0 saturated carbocycles. The predicted molar refractivity (Wildman–Crippen MR) is 79.8 cm³/mol. The van der Waals surface area contributed by atoms with E-state index < -0.39 is 5.97 Å². The summed E-state index contributed by atoms with van der Waals surface area (Å²) in [7, 11) is 1.30. The van der Waals surface area contributed by atoms with Crippen LogP contribution in [-0.2, 0) is 4.74 Å². The first-order valence-corrected chi connectivity index (χ1v) is 7.02. The van der Waals surface area contributed by atoms with Gasteiger partial charge in [-0.1, -0.05) is 17.7 Å². The van der Waals surface area contributed by atoms with E-state index in [-0.39, 0.29) is 5.91 Å². The molecule has 0 bridgehead atoms. The standard InChI is InChI=1S/C14H12ClNO3S/c1-8-3-4-9(10(15)7-8)13(17)16-11-5-6-20-12(11)14(18)19-2/h3-7H,1-2H3,(H,16,17). The molecule has 0 aliphatic heterocycles. The minimum absolute atomic E-state index is 0.351. The van der Waals surface area contributed by atoms with E-state index in [9.17, 15) is 9.59 Å². The lowest BCUT2D eigenvalue weighted by molar-refractivity contribution is 0.0607. The van der Waals surface area contributed by atoms with Gasteiger partial charge in [-0.3, -0.25) is 4.79 Å². The summed E-state index contributed by atoms with van der Waals surface area (Å²) in [6.07, 6.45) is 0. The molecule has 1 amide bonds. The molecule has 4 nitrogen and oxygen atoms in total. The Morgan fingerprint density at radius 1 is 1.30 bits per heavy atom. The number of halogens is 1. The fourth-order valence-corrected chi connectivity index (χ4v) is 2.74. The van der Waals surface area contributed by atoms with Gasteiger partial charge in [-0.2, -0.15) is 0 Å². The van der Waals surface area contributed by atoms with Gasteiger partial charge in [-0.25, -0.2) is 4.79 Å². The molecule has 0 saturated heterocycles. The zero-order valence-corrected chi connectivity index (χ0v) is 12.5. The highest BCUT2D eigenvalue weighted by Crippen LogP contribution is 2.25. The van der Waals surface area contributed by atoms with Gasteiger partial charge in [0.1, 0.15) is 4.88 Å². The molecule has 0 spiro atoms. The summed E-state index contributed by atoms with van der Waals surface area (Å²) in [5.41, 5.74) is 1.75. The number of ether oxygens (including phenoxy) is 1. The Morgan fingerprint density at radius 2 is 2.05 bits per heavy atom. The van der Waals surface area contributed by atoms with Gasteiger partial charge >= 0.3 is 5.97 Å². The second-order valence-electron chi connectivity index (χ2n) is 4.09. The van der Waals surface area contributed by atoms with Crippen molar-refractivity contribution in [2.75, 3.05) is 12.4 Å². The molecule has 0 fully saturated rings. The fourth-order valence-electron chi connectivity index (χ4n) is 1.65. The predicted octanol–water partition coefficient (Wildman–Crippen LogP) is 3.75. The van der Waals surface area contributed by atoms with Crippen molar-refractivity contribution in [1.29, 1.82) is 0 Å². The van der Waals surface area contributed by atoms with Crippen LogP contribution < -0.4 is 5.32 Å². The van der Waals surface area contributed by atoms with E-state index in [0.717, 1.165) is 5.56 Å². The molecule has 0 unspecified atom stereocenters. The number of carbonyl (C=O) groups is 2. The van der Waals surface area contributed by atoms with Gasteiger partial charge in [0.2, 0.25) is 0 Å². The molecule has 1 heterocycles. The molecule has 0 atom stereocenters. The van der Waals surface area contributed by atoms with E-state index in [1.807, 2.05) is 6.92 Å². The summed E-state index contributed by atoms with van der Waals surface area (Å²) in [5, 5.41) is 4.75. The lowest BCUT2D eigenvalue weighted by atomic mass is 10.1. The van der Waals surface area contributed by atoms with E-state index in [1.165, 1.54) is 18.4 Å². The van der Waals surface area contributed by atoms with E-state index in [2.05, 4.69) is 10.1 Å². The van der Waals surface area contributed by atoms with E-state index in [1.54, 1.807) is 29.6 Å². The Balaban J connectivity index is 2.24. The van der Waals surface area contributed by atoms with Crippen molar-refractivity contribution < 1.29 is 14.3 Å². The minimum atomic E-state index is -0.481. The number of hydrogen-bond acceptors (Lipinski definition) is 4. The number of methoxy groups -OCH3 is 1. The molecule has 2 rings (SSSR count). The summed E-state index contributed by atoms with van der Waals surface area (Å²) < 4.78 is 4.66. The second-order valence-corrected chi connectivity index (χ2v) is 5.42. The molecule has 6 heteroatoms. The van der Waals surface area contributed by atoms with Crippen LogP contribution in [0, 0.1) is 6.92 Å². The number of thiophene rings is 1. The maximum Gasteiger partial charge on any atom is 0.350 e. The first-order valence-electron chi connectivity index (χ1n) is 5.76. The highest BCUT2D eigenvalue weighted by atomic mass is 35.5. The highest BCUT2D eigenvalue weighted by molar-refractivity contribution is 7.12. The Morgan fingerprint density at radius 3 is 2.70 bits per heavy atom. The number of nitrogens with one attached hydrogen (secondary N) is 1. The van der Waals surface area contributed by atoms with Crippen LogP contribution in [0.5, 0.6) is 0 Å². The monoisotopic (exact) mass is 309 g/mol. The first-order chi connectivity index (χ1) is 9.52. The second kappa shape index (κ2) is 6.07. The Labute approximate surface area is 125 Å². The number of esters is 1. The third-order valence-electron chi connectivity index (χ3n) is 2.65. The van der Waals surface area contributed by atoms with Crippen LogP contribution in [0.2, 0.25) is 5.02 Å². The van der Waals surface area contributed by atoms with E-state index >= 15 is 0 Å². The van der Waals surface area contributed by atoms with Gasteiger partial charge < -0.3 is 10.1 Å². The van der Waals surface area contributed by atoms with Crippen LogP contribution in [0.1, 0.15) is 25.6 Å². The van der Waals surface area contributed by atoms with Crippen molar-refractivity contribution in [3.05, 3.63) is 50.7 Å². The average molecular weight is 310 g/mol. The maximum absolute atomic E-state index is 12.2. The van der Waals surface area contributed by atoms with Crippen molar-refractivity contribution in [2.45, 2.75) is 6.92 Å². The van der Waals surface area contributed by atoms with Gasteiger partial charge in [0.05, 0.1) is 23.4 Å². The molecule has 1 aromatic heterocycles. The molecule has 2 aromatic rings. The average Bonchev–Trinajstić information content (AvgIpc) is 2.85. The fraction of sp³-hybridized carbons (Fsp3) is 0.143. The SMILES string of the molecule is COC(=O)c1sccc1NC(=O)c1ccc(C)cc1Cl. The minimum Gasteiger partial charge on any atom is -0.465 e. The summed E-state index contributed by atoms with van der Waals surface area (Å²) >= 11 is 7.25. The summed E-state index contributed by atoms with van der Waals surface area (Å²) in [5.74, 6) is -0.844. The quantitative estimate of drug-likeness (QED) is 0.879. The number of rotatable bonds is 3. The summed E-state index contributed by atoms with van der Waals surface area (Å²) in [6, 6.07) is 6.81. The molecule has 0 radical (unpaired) electrons. The van der Waals surface area contributed by atoms with Gasteiger partial charge in [0, 0.05) is 0 Å². The van der Waals surface area contributed by atoms with Crippen LogP contribution in [-0.4, -0.2) is 19.0 Å². The molecular formula is C14H12ClNO3S. The van der Waals surface area contributed by atoms with Gasteiger partial charge in [0.15, 0.2) is 0 Å². The number of benzene rings is 1. The highest BCUT2D eigenvalue weighted by Gasteiger charge is 2.17. The van der Waals surface area contributed by atoms with Crippen LogP contribution in [0.4, 0.5) is 5.69 Å². The van der Waals surface area contributed by atoms with Crippen molar-refractivity contribution in [3.8, 4) is 0 Å². The molecule has 104 valence electrons. The normalized spacial score (nSPS) is 10.2. The van der Waals surface area contributed by atoms with Gasteiger partial charge in [0.25, 0.3) is 5.91 Å². The van der Waals surface area contributed by atoms with Gasteiger partial charge in [-0.05, 0) is 36.1 Å². The van der Waals surface area contributed by atoms with Crippen molar-refractivity contribution in [3.63, 3.8) is 0 Å². The Kier molecular flexibility index (Phi) is 4.42. The number of hydrogen-bond donors (Lipinski definition) is 1. The number of amides is 1. The largest absolute Gasteiger partial charge is 0.465 e. The van der Waals surface area contributed by atoms with Crippen molar-refractivity contribution in [2.24, 2.45) is 0 Å². The number of anilines is 1. The molecule has 1 aromatic carbocycles. The number of aryl methyl sites for hydroxylation is 1. The van der Waals surface area contributed by atoms with Crippen LogP contribution in [0.15, 0.2) is 29.6 Å². The summed E-state index contributed by atoms with van der Waals surface area (Å²) in [4.78, 5) is 24.1. The van der Waals surface area contributed by atoms with Crippen LogP contribution >= 0.6 is 22.9 Å². The third kappa shape index (κ3) is 3.00. The summed E-state index contributed by atoms with van der Waals surface area (Å²) in [6.45, 7) is 1.89. The van der Waals surface area contributed by atoms with Crippen LogP contribution in [0.25, 0.3) is 0 Å². The Hall–Kier alpha value is -1.85. The van der Waals surface area contributed by atoms with Crippen LogP contribution in [0.3, 0.4) is 0 Å². The topological polar surface area (TPSA) is 55.4 Å². The van der Waals surface area contributed by atoms with Crippen molar-refractivity contribution >= 4 is 40.5 Å². The molecule has 1 N–H and O–H groups in total. The van der Waals surface area contributed by atoms with Crippen molar-refractivity contribution in [1.82, 2.24) is 0 Å². The smallest absolute Gasteiger partial charge is 0.350 e. The van der Waals surface area contributed by atoms with E-state index in [0.29, 0.717) is 21.2 Å². The van der Waals surface area contributed by atoms with E-state index in [4.69, 9.17) is 11.6 Å². The third-order valence-corrected chi connectivity index (χ3v) is 3.86. The lowest BCUT2D eigenvalue weighted by Gasteiger charge is -2.07.